The van der Waals surface area contributed by atoms with Crippen molar-refractivity contribution in [3.63, 3.8) is 0 Å². The van der Waals surface area contributed by atoms with Crippen LogP contribution >= 0.6 is 0 Å². The van der Waals surface area contributed by atoms with Crippen molar-refractivity contribution in [3.8, 4) is 0 Å². The molecule has 1 aliphatic carbocycles. The van der Waals surface area contributed by atoms with E-state index in [1.165, 1.54) is 0 Å². The highest BCUT2D eigenvalue weighted by atomic mass is 16.5. The Hall–Kier alpha value is -0.830. The largest absolute Gasteiger partial charge is 0.355 e. The molecule has 0 saturated carbocycles. The summed E-state index contributed by atoms with van der Waals surface area (Å²) in [7, 11) is 0. The van der Waals surface area contributed by atoms with Gasteiger partial charge >= 0.3 is 0 Å². The zero-order valence-corrected chi connectivity index (χ0v) is 9.11. The van der Waals surface area contributed by atoms with Crippen molar-refractivity contribution < 1.29 is 9.53 Å². The third-order valence-electron chi connectivity index (χ3n) is 4.05. The summed E-state index contributed by atoms with van der Waals surface area (Å²) < 4.78 is 5.90. The van der Waals surface area contributed by atoms with Crippen molar-refractivity contribution in [1.82, 2.24) is 4.90 Å². The number of amides is 1. The maximum Gasteiger partial charge on any atom is 0.225 e. The fourth-order valence-corrected chi connectivity index (χ4v) is 3.16. The molecular formula is C12H17NO2. The molecule has 3 rings (SSSR count). The lowest BCUT2D eigenvalue weighted by atomic mass is 9.86. The van der Waals surface area contributed by atoms with E-state index >= 15 is 0 Å². The predicted octanol–water partition coefficient (Wildman–Crippen LogP) is 1.69. The Morgan fingerprint density at radius 2 is 2.27 bits per heavy atom. The van der Waals surface area contributed by atoms with Crippen molar-refractivity contribution >= 4 is 5.91 Å². The molecule has 0 unspecified atom stereocenters. The summed E-state index contributed by atoms with van der Waals surface area (Å²) >= 11 is 0. The minimum Gasteiger partial charge on any atom is -0.355 e. The van der Waals surface area contributed by atoms with E-state index in [4.69, 9.17) is 4.74 Å². The van der Waals surface area contributed by atoms with E-state index in [0.717, 1.165) is 25.9 Å². The Kier molecular flexibility index (Phi) is 1.93. The van der Waals surface area contributed by atoms with Crippen molar-refractivity contribution in [3.05, 3.63) is 12.2 Å². The van der Waals surface area contributed by atoms with Gasteiger partial charge in [-0.25, -0.2) is 0 Å². The van der Waals surface area contributed by atoms with E-state index in [0.29, 0.717) is 18.4 Å². The summed E-state index contributed by atoms with van der Waals surface area (Å²) in [4.78, 5) is 13.9. The molecule has 0 aromatic heterocycles. The standard InChI is InChI=1S/C12H17NO2/c1-12-7-6-11(14)13(12)10-5-3-2-4-9(10)8-15-12/h2-3,9-10H,4-8H2,1H3/t9-,10-,12+/m0/s1. The van der Waals surface area contributed by atoms with Crippen LogP contribution in [-0.4, -0.2) is 29.2 Å². The maximum absolute atomic E-state index is 11.9. The third-order valence-corrected chi connectivity index (χ3v) is 4.05. The first-order valence-corrected chi connectivity index (χ1v) is 5.82. The van der Waals surface area contributed by atoms with Gasteiger partial charge in [-0.3, -0.25) is 4.79 Å². The third kappa shape index (κ3) is 1.26. The van der Waals surface area contributed by atoms with E-state index in [-0.39, 0.29) is 11.6 Å². The molecule has 2 aliphatic heterocycles. The van der Waals surface area contributed by atoms with Gasteiger partial charge < -0.3 is 9.64 Å². The maximum atomic E-state index is 11.9. The van der Waals surface area contributed by atoms with Gasteiger partial charge in [0.1, 0.15) is 5.72 Å². The molecule has 0 aromatic carbocycles. The molecule has 2 fully saturated rings. The lowest BCUT2D eigenvalue weighted by Gasteiger charge is -2.49. The van der Waals surface area contributed by atoms with Crippen LogP contribution in [0, 0.1) is 5.92 Å². The number of nitrogens with zero attached hydrogens (tertiary/aromatic N) is 1. The number of fused-ring (bicyclic) bond motifs is 3. The van der Waals surface area contributed by atoms with Crippen LogP contribution in [0.3, 0.4) is 0 Å². The van der Waals surface area contributed by atoms with Gasteiger partial charge in [0.25, 0.3) is 0 Å². The molecule has 82 valence electrons. The predicted molar refractivity (Wildman–Crippen MR) is 56.1 cm³/mol. The van der Waals surface area contributed by atoms with E-state index in [1.807, 2.05) is 4.90 Å². The number of ether oxygens (including phenoxy) is 1. The van der Waals surface area contributed by atoms with Crippen molar-refractivity contribution in [2.45, 2.75) is 44.4 Å². The Labute approximate surface area is 90.1 Å². The summed E-state index contributed by atoms with van der Waals surface area (Å²) in [5, 5.41) is 0. The molecule has 0 radical (unpaired) electrons. The number of rotatable bonds is 0. The number of carbonyl (C=O) groups excluding carboxylic acids is 1. The van der Waals surface area contributed by atoms with Crippen LogP contribution in [0.5, 0.6) is 0 Å². The number of hydrogen-bond donors (Lipinski definition) is 0. The van der Waals surface area contributed by atoms with Gasteiger partial charge in [-0.2, -0.15) is 0 Å². The van der Waals surface area contributed by atoms with Gasteiger partial charge in [0.2, 0.25) is 5.91 Å². The van der Waals surface area contributed by atoms with Crippen LogP contribution in [0.1, 0.15) is 32.6 Å². The van der Waals surface area contributed by atoms with Crippen molar-refractivity contribution in [2.24, 2.45) is 5.92 Å². The molecule has 3 aliphatic rings. The average Bonchev–Trinajstić information content (AvgIpc) is 2.56. The highest BCUT2D eigenvalue weighted by Crippen LogP contribution is 2.42. The molecule has 3 nitrogen and oxygen atoms in total. The van der Waals surface area contributed by atoms with E-state index in [1.54, 1.807) is 0 Å². The first kappa shape index (κ1) is 9.40. The Morgan fingerprint density at radius 3 is 3.13 bits per heavy atom. The highest BCUT2D eigenvalue weighted by Gasteiger charge is 2.51. The van der Waals surface area contributed by atoms with Crippen LogP contribution in [0.2, 0.25) is 0 Å². The molecule has 0 N–H and O–H groups in total. The van der Waals surface area contributed by atoms with Crippen LogP contribution in [-0.2, 0) is 9.53 Å². The number of carbonyl (C=O) groups is 1. The SMILES string of the molecule is C[C@@]12CCC(=O)N1[C@H]1CC=CC[C@H]1CO2. The van der Waals surface area contributed by atoms with Gasteiger partial charge in [-0.1, -0.05) is 12.2 Å². The molecule has 2 heterocycles. The molecule has 0 aromatic rings. The first-order valence-electron chi connectivity index (χ1n) is 5.82. The fraction of sp³-hybridized carbons (Fsp3) is 0.750. The van der Waals surface area contributed by atoms with E-state index in [2.05, 4.69) is 19.1 Å². The molecule has 0 bridgehead atoms. The Bertz CT molecular complexity index is 326. The smallest absolute Gasteiger partial charge is 0.225 e. The zero-order valence-electron chi connectivity index (χ0n) is 9.11. The molecule has 3 heteroatoms. The fourth-order valence-electron chi connectivity index (χ4n) is 3.16. The minimum absolute atomic E-state index is 0.280. The van der Waals surface area contributed by atoms with Gasteiger partial charge in [-0.05, 0) is 19.8 Å². The van der Waals surface area contributed by atoms with Crippen LogP contribution in [0.15, 0.2) is 12.2 Å². The minimum atomic E-state index is -0.302. The number of hydrogen-bond acceptors (Lipinski definition) is 2. The first-order chi connectivity index (χ1) is 7.21. The van der Waals surface area contributed by atoms with Crippen molar-refractivity contribution in [2.75, 3.05) is 6.61 Å². The molecule has 0 spiro atoms. The molecular weight excluding hydrogens is 190 g/mol. The van der Waals surface area contributed by atoms with Gasteiger partial charge in [0.15, 0.2) is 0 Å². The van der Waals surface area contributed by atoms with Gasteiger partial charge in [-0.15, -0.1) is 0 Å². The van der Waals surface area contributed by atoms with Crippen LogP contribution < -0.4 is 0 Å². The van der Waals surface area contributed by atoms with Gasteiger partial charge in [0, 0.05) is 24.8 Å². The zero-order chi connectivity index (χ0) is 10.5. The molecule has 1 amide bonds. The lowest BCUT2D eigenvalue weighted by Crippen LogP contribution is -2.59. The highest BCUT2D eigenvalue weighted by molar-refractivity contribution is 5.79. The summed E-state index contributed by atoms with van der Waals surface area (Å²) in [6, 6.07) is 0.392. The molecule has 15 heavy (non-hydrogen) atoms. The molecule has 2 saturated heterocycles. The van der Waals surface area contributed by atoms with Crippen LogP contribution in [0.25, 0.3) is 0 Å². The number of allylic oxidation sites excluding steroid dienone is 1. The lowest BCUT2D eigenvalue weighted by molar-refractivity contribution is -0.201. The average molecular weight is 207 g/mol. The summed E-state index contributed by atoms with van der Waals surface area (Å²) in [6.07, 6.45) is 8.01. The van der Waals surface area contributed by atoms with Crippen LogP contribution in [0.4, 0.5) is 0 Å². The second kappa shape index (κ2) is 3.08. The second-order valence-electron chi connectivity index (χ2n) is 5.02. The quantitative estimate of drug-likeness (QED) is 0.566. The molecule has 3 atom stereocenters. The van der Waals surface area contributed by atoms with Crippen molar-refractivity contribution in [1.29, 1.82) is 0 Å². The normalized spacial score (nSPS) is 44.1. The van der Waals surface area contributed by atoms with E-state index in [9.17, 15) is 4.79 Å². The topological polar surface area (TPSA) is 29.5 Å². The second-order valence-corrected chi connectivity index (χ2v) is 5.02. The summed E-state index contributed by atoms with van der Waals surface area (Å²) in [5.74, 6) is 0.799. The monoisotopic (exact) mass is 207 g/mol. The van der Waals surface area contributed by atoms with Gasteiger partial charge in [0.05, 0.1) is 6.61 Å². The Balaban J connectivity index is 1.94. The van der Waals surface area contributed by atoms with E-state index < -0.39 is 0 Å². The Morgan fingerprint density at radius 1 is 1.47 bits per heavy atom. The summed E-state index contributed by atoms with van der Waals surface area (Å²) in [5.41, 5.74) is -0.302. The summed E-state index contributed by atoms with van der Waals surface area (Å²) in [6.45, 7) is 2.88.